The highest BCUT2D eigenvalue weighted by atomic mass is 32.2. The second-order valence-electron chi connectivity index (χ2n) is 5.41. The normalized spacial score (nSPS) is 20.7. The van der Waals surface area contributed by atoms with Crippen LogP contribution in [0.4, 0.5) is 0 Å². The fourth-order valence-corrected chi connectivity index (χ4v) is 2.58. The average Bonchev–Trinajstić information content (AvgIpc) is 2.30. The van der Waals surface area contributed by atoms with Crippen molar-refractivity contribution in [3.05, 3.63) is 0 Å². The van der Waals surface area contributed by atoms with Gasteiger partial charge in [-0.2, -0.15) is 8.42 Å². The Morgan fingerprint density at radius 2 is 1.79 bits per heavy atom. The maximum absolute atomic E-state index is 9.19. The van der Waals surface area contributed by atoms with Gasteiger partial charge in [0, 0.05) is 6.04 Å². The molecule has 0 aromatic rings. The van der Waals surface area contributed by atoms with Gasteiger partial charge in [-0.3, -0.25) is 4.55 Å². The number of rotatable bonds is 6. The summed E-state index contributed by atoms with van der Waals surface area (Å²) in [5.41, 5.74) is 0. The second-order valence-corrected chi connectivity index (χ2v) is 6.88. The van der Waals surface area contributed by atoms with Crippen molar-refractivity contribution in [2.45, 2.75) is 71.3 Å². The Labute approximate surface area is 119 Å². The van der Waals surface area contributed by atoms with Crippen LogP contribution in [0.25, 0.3) is 0 Å². The van der Waals surface area contributed by atoms with Crippen LogP contribution in [0.1, 0.15) is 65.2 Å². The molecule has 0 saturated carbocycles. The molecule has 1 unspecified atom stereocenters. The lowest BCUT2D eigenvalue weighted by atomic mass is 9.98. The molecular formula is C14H31NO3S. The summed E-state index contributed by atoms with van der Waals surface area (Å²) in [7, 11) is -3.67. The van der Waals surface area contributed by atoms with Crippen LogP contribution >= 0.6 is 0 Å². The molecule has 1 rings (SSSR count). The van der Waals surface area contributed by atoms with E-state index in [9.17, 15) is 8.42 Å². The van der Waals surface area contributed by atoms with Crippen LogP contribution in [0.2, 0.25) is 0 Å². The highest BCUT2D eigenvalue weighted by Crippen LogP contribution is 2.21. The summed E-state index contributed by atoms with van der Waals surface area (Å²) >= 11 is 0. The van der Waals surface area contributed by atoms with Crippen molar-refractivity contribution < 1.29 is 13.0 Å². The summed E-state index contributed by atoms with van der Waals surface area (Å²) in [6, 6.07) is 0.922. The van der Waals surface area contributed by atoms with Gasteiger partial charge in [0.2, 0.25) is 0 Å². The van der Waals surface area contributed by atoms with Crippen LogP contribution in [0.15, 0.2) is 0 Å². The standard InChI is InChI=1S/C13H27N.CH4O3S/c1-3-5-7-11-14-12-8-6-10-13(14)9-4-2;1-5(2,3)4/h13H,3-12H2,1-2H3;1H3,(H,2,3,4). The molecule has 0 aliphatic carbocycles. The number of hydrogen-bond donors (Lipinski definition) is 1. The molecule has 0 spiro atoms. The Hall–Kier alpha value is -0.130. The minimum Gasteiger partial charge on any atom is -0.300 e. The molecule has 0 aromatic heterocycles. The summed E-state index contributed by atoms with van der Waals surface area (Å²) in [4.78, 5) is 2.75. The Balaban J connectivity index is 0.000000555. The van der Waals surface area contributed by atoms with E-state index in [2.05, 4.69) is 18.7 Å². The number of hydrogen-bond acceptors (Lipinski definition) is 3. The third kappa shape index (κ3) is 12.6. The average molecular weight is 293 g/mol. The first-order chi connectivity index (χ1) is 8.88. The molecule has 1 N–H and O–H groups in total. The molecule has 1 fully saturated rings. The molecule has 1 aliphatic rings. The zero-order valence-corrected chi connectivity index (χ0v) is 13.6. The van der Waals surface area contributed by atoms with E-state index in [1.54, 1.807) is 0 Å². The minimum absolute atomic E-state index is 0.715. The summed E-state index contributed by atoms with van der Waals surface area (Å²) < 4.78 is 25.9. The fourth-order valence-electron chi connectivity index (χ4n) is 2.58. The van der Waals surface area contributed by atoms with Crippen molar-refractivity contribution in [2.75, 3.05) is 19.3 Å². The van der Waals surface area contributed by atoms with Crippen LogP contribution in [0.5, 0.6) is 0 Å². The summed E-state index contributed by atoms with van der Waals surface area (Å²) in [6.07, 6.45) is 12.0. The molecule has 0 aromatic carbocycles. The molecule has 116 valence electrons. The molecule has 1 aliphatic heterocycles. The number of piperidine rings is 1. The Bertz CT molecular complexity index is 294. The lowest BCUT2D eigenvalue weighted by Gasteiger charge is -2.35. The maximum atomic E-state index is 9.19. The van der Waals surface area contributed by atoms with Crippen LogP contribution in [-0.4, -0.2) is 43.3 Å². The minimum atomic E-state index is -3.67. The van der Waals surface area contributed by atoms with Gasteiger partial charge in [0.15, 0.2) is 0 Å². The smallest absolute Gasteiger partial charge is 0.261 e. The van der Waals surface area contributed by atoms with Gasteiger partial charge in [0.1, 0.15) is 0 Å². The molecule has 1 saturated heterocycles. The van der Waals surface area contributed by atoms with Gasteiger partial charge in [-0.1, -0.05) is 39.5 Å². The highest BCUT2D eigenvalue weighted by Gasteiger charge is 2.20. The predicted octanol–water partition coefficient (Wildman–Crippen LogP) is 3.34. The van der Waals surface area contributed by atoms with Crippen LogP contribution in [0, 0.1) is 0 Å². The zero-order chi connectivity index (χ0) is 14.7. The van der Waals surface area contributed by atoms with Crippen molar-refractivity contribution in [3.63, 3.8) is 0 Å². The van der Waals surface area contributed by atoms with E-state index in [0.29, 0.717) is 6.26 Å². The van der Waals surface area contributed by atoms with Gasteiger partial charge in [-0.05, 0) is 38.8 Å². The first kappa shape index (κ1) is 18.9. The van der Waals surface area contributed by atoms with Crippen molar-refractivity contribution in [1.29, 1.82) is 0 Å². The molecule has 0 bridgehead atoms. The van der Waals surface area contributed by atoms with Crippen LogP contribution < -0.4 is 0 Å². The molecule has 1 atom stereocenters. The van der Waals surface area contributed by atoms with Crippen LogP contribution in [-0.2, 0) is 10.1 Å². The maximum Gasteiger partial charge on any atom is 0.261 e. The molecule has 4 nitrogen and oxygen atoms in total. The Morgan fingerprint density at radius 3 is 2.32 bits per heavy atom. The zero-order valence-electron chi connectivity index (χ0n) is 12.8. The van der Waals surface area contributed by atoms with Crippen LogP contribution in [0.3, 0.4) is 0 Å². The first-order valence-corrected chi connectivity index (χ1v) is 9.39. The third-order valence-electron chi connectivity index (χ3n) is 3.42. The van der Waals surface area contributed by atoms with Crippen molar-refractivity contribution >= 4 is 10.1 Å². The quantitative estimate of drug-likeness (QED) is 0.603. The van der Waals surface area contributed by atoms with E-state index in [-0.39, 0.29) is 0 Å². The van der Waals surface area contributed by atoms with E-state index in [4.69, 9.17) is 4.55 Å². The summed E-state index contributed by atoms with van der Waals surface area (Å²) in [5.74, 6) is 0. The first-order valence-electron chi connectivity index (χ1n) is 7.55. The van der Waals surface area contributed by atoms with Gasteiger partial charge < -0.3 is 4.90 Å². The SMILES string of the molecule is CCCCCN1CCCCC1CCC.CS(=O)(=O)O. The van der Waals surface area contributed by atoms with Gasteiger partial charge in [0.25, 0.3) is 10.1 Å². The van der Waals surface area contributed by atoms with E-state index in [0.717, 1.165) is 6.04 Å². The number of likely N-dealkylation sites (tertiary alicyclic amines) is 1. The molecule has 0 radical (unpaired) electrons. The van der Waals surface area contributed by atoms with E-state index in [1.807, 2.05) is 0 Å². The van der Waals surface area contributed by atoms with Gasteiger partial charge in [-0.15, -0.1) is 0 Å². The predicted molar refractivity (Wildman–Crippen MR) is 81.1 cm³/mol. The van der Waals surface area contributed by atoms with Gasteiger partial charge >= 0.3 is 0 Å². The van der Waals surface area contributed by atoms with Crippen molar-refractivity contribution in [2.24, 2.45) is 0 Å². The molecule has 1 heterocycles. The Kier molecular flexibility index (Phi) is 10.6. The lowest BCUT2D eigenvalue weighted by molar-refractivity contribution is 0.137. The molecule has 5 heteroatoms. The van der Waals surface area contributed by atoms with Crippen molar-refractivity contribution in [3.8, 4) is 0 Å². The lowest BCUT2D eigenvalue weighted by Crippen LogP contribution is -2.39. The van der Waals surface area contributed by atoms with Gasteiger partial charge in [0.05, 0.1) is 6.26 Å². The van der Waals surface area contributed by atoms with Gasteiger partial charge in [-0.25, -0.2) is 0 Å². The molecule has 0 amide bonds. The fraction of sp³-hybridized carbons (Fsp3) is 1.00. The van der Waals surface area contributed by atoms with E-state index >= 15 is 0 Å². The third-order valence-corrected chi connectivity index (χ3v) is 3.42. The highest BCUT2D eigenvalue weighted by molar-refractivity contribution is 7.85. The second kappa shape index (κ2) is 10.6. The largest absolute Gasteiger partial charge is 0.300 e. The topological polar surface area (TPSA) is 57.6 Å². The monoisotopic (exact) mass is 293 g/mol. The molecular weight excluding hydrogens is 262 g/mol. The number of nitrogens with zero attached hydrogens (tertiary/aromatic N) is 1. The number of unbranched alkanes of at least 4 members (excludes halogenated alkanes) is 2. The summed E-state index contributed by atoms with van der Waals surface area (Å²) in [5, 5.41) is 0. The summed E-state index contributed by atoms with van der Waals surface area (Å²) in [6.45, 7) is 7.34. The van der Waals surface area contributed by atoms with Crippen molar-refractivity contribution in [1.82, 2.24) is 4.90 Å². The molecule has 19 heavy (non-hydrogen) atoms. The Morgan fingerprint density at radius 1 is 1.16 bits per heavy atom. The van der Waals surface area contributed by atoms with E-state index in [1.165, 1.54) is 64.5 Å². The van der Waals surface area contributed by atoms with E-state index < -0.39 is 10.1 Å².